The molecule has 1 aromatic heterocycles. The molecule has 0 bridgehead atoms. The van der Waals surface area contributed by atoms with E-state index in [0.29, 0.717) is 16.8 Å². The number of carbonyl (C=O) groups excluding carboxylic acids is 1. The Kier molecular flexibility index (Phi) is 6.41. The molecule has 5 nitrogen and oxygen atoms in total. The standard InChI is InChI=1S/C16H21N3O2S2/c1-4-19(5-2)16-18-15(21)12-9-11(7-8-13(12)23-16)17-14(20)10-22-6-3/h7-9H,4-6,10H2,1-3H3,(H,17,20). The Morgan fingerprint density at radius 2 is 2.04 bits per heavy atom. The van der Waals surface area contributed by atoms with Gasteiger partial charge in [0.25, 0.3) is 5.56 Å². The van der Waals surface area contributed by atoms with Crippen molar-refractivity contribution >= 4 is 49.9 Å². The summed E-state index contributed by atoms with van der Waals surface area (Å²) < 4.78 is 0.882. The van der Waals surface area contributed by atoms with Crippen molar-refractivity contribution in [3.05, 3.63) is 28.6 Å². The Morgan fingerprint density at radius 1 is 1.30 bits per heavy atom. The molecule has 7 heteroatoms. The molecule has 0 saturated heterocycles. The minimum atomic E-state index is -0.250. The molecule has 1 aromatic carbocycles. The topological polar surface area (TPSA) is 62.3 Å². The van der Waals surface area contributed by atoms with Crippen LogP contribution >= 0.6 is 23.1 Å². The fourth-order valence-corrected chi connectivity index (χ4v) is 3.72. The Balaban J connectivity index is 2.30. The number of aromatic nitrogens is 1. The summed E-state index contributed by atoms with van der Waals surface area (Å²) in [6.45, 7) is 7.72. The van der Waals surface area contributed by atoms with Crippen LogP contribution in [0.2, 0.25) is 0 Å². The van der Waals surface area contributed by atoms with Gasteiger partial charge in [0.1, 0.15) is 0 Å². The fourth-order valence-electron chi connectivity index (χ4n) is 2.15. The van der Waals surface area contributed by atoms with Crippen molar-refractivity contribution in [2.75, 3.05) is 34.8 Å². The van der Waals surface area contributed by atoms with E-state index in [1.807, 2.05) is 32.9 Å². The number of fused-ring (bicyclic) bond motifs is 1. The molecule has 0 saturated carbocycles. The molecule has 0 radical (unpaired) electrons. The van der Waals surface area contributed by atoms with Crippen molar-refractivity contribution in [3.8, 4) is 0 Å². The predicted molar refractivity (Wildman–Crippen MR) is 101 cm³/mol. The van der Waals surface area contributed by atoms with Gasteiger partial charge in [-0.15, -0.1) is 0 Å². The number of nitrogens with zero attached hydrogens (tertiary/aromatic N) is 2. The molecular formula is C16H21N3O2S2. The Bertz CT molecular complexity index is 742. The van der Waals surface area contributed by atoms with Crippen LogP contribution in [-0.4, -0.2) is 35.5 Å². The second-order valence-corrected chi connectivity index (χ2v) is 7.15. The number of amides is 1. The third kappa shape index (κ3) is 4.45. The summed E-state index contributed by atoms with van der Waals surface area (Å²) in [5.74, 6) is 1.26. The number of thioether (sulfide) groups is 1. The van der Waals surface area contributed by atoms with E-state index in [1.54, 1.807) is 17.8 Å². The first-order valence-corrected chi connectivity index (χ1v) is 9.63. The van der Waals surface area contributed by atoms with E-state index < -0.39 is 0 Å². The zero-order valence-electron chi connectivity index (χ0n) is 13.6. The second kappa shape index (κ2) is 8.31. The van der Waals surface area contributed by atoms with Crippen molar-refractivity contribution in [2.45, 2.75) is 20.8 Å². The molecule has 1 amide bonds. The summed E-state index contributed by atoms with van der Waals surface area (Å²) >= 11 is 3.06. The van der Waals surface area contributed by atoms with Crippen molar-refractivity contribution in [2.24, 2.45) is 0 Å². The Labute approximate surface area is 144 Å². The van der Waals surface area contributed by atoms with E-state index in [9.17, 15) is 9.59 Å². The van der Waals surface area contributed by atoms with Crippen LogP contribution in [0, 0.1) is 0 Å². The number of rotatable bonds is 7. The van der Waals surface area contributed by atoms with Gasteiger partial charge in [-0.1, -0.05) is 18.3 Å². The Morgan fingerprint density at radius 3 is 2.70 bits per heavy atom. The zero-order valence-corrected chi connectivity index (χ0v) is 15.2. The lowest BCUT2D eigenvalue weighted by atomic mass is 10.2. The van der Waals surface area contributed by atoms with Crippen LogP contribution < -0.4 is 15.8 Å². The lowest BCUT2D eigenvalue weighted by Gasteiger charge is -2.18. The molecule has 124 valence electrons. The maximum atomic E-state index is 12.3. The summed E-state index contributed by atoms with van der Waals surface area (Å²) in [4.78, 5) is 30.3. The van der Waals surface area contributed by atoms with E-state index in [-0.39, 0.29) is 11.5 Å². The molecule has 23 heavy (non-hydrogen) atoms. The lowest BCUT2D eigenvalue weighted by molar-refractivity contribution is -0.113. The van der Waals surface area contributed by atoms with Crippen LogP contribution in [0.4, 0.5) is 10.8 Å². The highest BCUT2D eigenvalue weighted by Gasteiger charge is 2.10. The molecule has 0 unspecified atom stereocenters. The molecule has 1 N–H and O–H groups in total. The number of hydrogen-bond acceptors (Lipinski definition) is 6. The van der Waals surface area contributed by atoms with Crippen LogP contribution in [0.1, 0.15) is 20.8 Å². The first kappa shape index (κ1) is 17.7. The van der Waals surface area contributed by atoms with Gasteiger partial charge in [0.15, 0.2) is 5.13 Å². The fraction of sp³-hybridized carbons (Fsp3) is 0.438. The van der Waals surface area contributed by atoms with Gasteiger partial charge in [0.2, 0.25) is 5.91 Å². The summed E-state index contributed by atoms with van der Waals surface area (Å²) in [5.41, 5.74) is 0.389. The maximum Gasteiger partial charge on any atom is 0.281 e. The van der Waals surface area contributed by atoms with Gasteiger partial charge in [-0.25, -0.2) is 0 Å². The number of hydrogen-bond donors (Lipinski definition) is 1. The van der Waals surface area contributed by atoms with E-state index in [0.717, 1.165) is 28.7 Å². The summed E-state index contributed by atoms with van der Waals surface area (Å²) in [5, 5.41) is 4.11. The Hall–Kier alpha value is -1.60. The van der Waals surface area contributed by atoms with E-state index >= 15 is 0 Å². The van der Waals surface area contributed by atoms with Crippen LogP contribution in [0.25, 0.3) is 10.1 Å². The van der Waals surface area contributed by atoms with Crippen molar-refractivity contribution in [3.63, 3.8) is 0 Å². The highest BCUT2D eigenvalue weighted by atomic mass is 32.2. The van der Waals surface area contributed by atoms with E-state index in [2.05, 4.69) is 15.2 Å². The molecule has 2 rings (SSSR count). The quantitative estimate of drug-likeness (QED) is 0.830. The first-order valence-electron chi connectivity index (χ1n) is 7.66. The van der Waals surface area contributed by atoms with Crippen molar-refractivity contribution in [1.82, 2.24) is 4.98 Å². The minimum absolute atomic E-state index is 0.0555. The zero-order chi connectivity index (χ0) is 16.8. The molecule has 0 aliphatic heterocycles. The number of nitrogens with one attached hydrogen (secondary N) is 1. The smallest absolute Gasteiger partial charge is 0.281 e. The van der Waals surface area contributed by atoms with Crippen molar-refractivity contribution < 1.29 is 4.79 Å². The average molecular weight is 351 g/mol. The van der Waals surface area contributed by atoms with Crippen LogP contribution in [-0.2, 0) is 4.79 Å². The van der Waals surface area contributed by atoms with Crippen LogP contribution in [0.3, 0.4) is 0 Å². The summed E-state index contributed by atoms with van der Waals surface area (Å²) in [6, 6.07) is 5.42. The summed E-state index contributed by atoms with van der Waals surface area (Å²) in [6.07, 6.45) is 0. The van der Waals surface area contributed by atoms with Crippen LogP contribution in [0.15, 0.2) is 23.0 Å². The average Bonchev–Trinajstić information content (AvgIpc) is 2.54. The molecule has 0 spiro atoms. The molecule has 0 aliphatic rings. The molecular weight excluding hydrogens is 330 g/mol. The molecule has 2 aromatic rings. The van der Waals surface area contributed by atoms with E-state index in [4.69, 9.17) is 0 Å². The SMILES string of the molecule is CCSCC(=O)Nc1ccc2sc(N(CC)CC)nc(=O)c2c1. The lowest BCUT2D eigenvalue weighted by Crippen LogP contribution is -2.24. The largest absolute Gasteiger partial charge is 0.349 e. The molecule has 0 atom stereocenters. The monoisotopic (exact) mass is 351 g/mol. The van der Waals surface area contributed by atoms with Gasteiger partial charge in [-0.2, -0.15) is 16.7 Å². The molecule has 0 fully saturated rings. The maximum absolute atomic E-state index is 12.3. The first-order chi connectivity index (χ1) is 11.1. The minimum Gasteiger partial charge on any atom is -0.349 e. The van der Waals surface area contributed by atoms with E-state index in [1.165, 1.54) is 11.3 Å². The van der Waals surface area contributed by atoms with Gasteiger partial charge in [-0.05, 0) is 37.8 Å². The van der Waals surface area contributed by atoms with Gasteiger partial charge in [-0.3, -0.25) is 9.59 Å². The van der Waals surface area contributed by atoms with Gasteiger partial charge >= 0.3 is 0 Å². The summed E-state index contributed by atoms with van der Waals surface area (Å²) in [7, 11) is 0. The highest BCUT2D eigenvalue weighted by molar-refractivity contribution is 7.99. The van der Waals surface area contributed by atoms with Gasteiger partial charge in [0.05, 0.1) is 11.1 Å². The third-order valence-electron chi connectivity index (χ3n) is 3.36. The highest BCUT2D eigenvalue weighted by Crippen LogP contribution is 2.26. The third-order valence-corrected chi connectivity index (χ3v) is 5.35. The molecule has 1 heterocycles. The van der Waals surface area contributed by atoms with Gasteiger partial charge in [0, 0.05) is 23.5 Å². The predicted octanol–water partition coefficient (Wildman–Crippen LogP) is 3.19. The van der Waals surface area contributed by atoms with Crippen LogP contribution in [0.5, 0.6) is 0 Å². The van der Waals surface area contributed by atoms with Gasteiger partial charge < -0.3 is 10.2 Å². The molecule has 0 aliphatic carbocycles. The second-order valence-electron chi connectivity index (χ2n) is 4.87. The number of anilines is 2. The normalized spacial score (nSPS) is 10.7. The van der Waals surface area contributed by atoms with Crippen molar-refractivity contribution in [1.29, 1.82) is 0 Å². The number of carbonyl (C=O) groups is 1. The number of benzene rings is 1.